The minimum absolute atomic E-state index is 0.0287. The van der Waals surface area contributed by atoms with Gasteiger partial charge in [0.1, 0.15) is 9.90 Å². The summed E-state index contributed by atoms with van der Waals surface area (Å²) in [5, 5.41) is 12.4. The van der Waals surface area contributed by atoms with Gasteiger partial charge in [0.05, 0.1) is 12.4 Å². The lowest BCUT2D eigenvalue weighted by atomic mass is 10.5. The van der Waals surface area contributed by atoms with E-state index in [1.54, 1.807) is 31.3 Å². The number of anilines is 1. The van der Waals surface area contributed by atoms with Crippen molar-refractivity contribution < 1.29 is 8.42 Å². The van der Waals surface area contributed by atoms with Gasteiger partial charge in [0.15, 0.2) is 5.82 Å². The molecule has 0 atom stereocenters. The summed E-state index contributed by atoms with van der Waals surface area (Å²) in [6.45, 7) is 1.74. The number of rotatable bonds is 4. The highest BCUT2D eigenvalue weighted by Gasteiger charge is 2.19. The van der Waals surface area contributed by atoms with Crippen molar-refractivity contribution >= 4 is 26.5 Å². The Balaban J connectivity index is 1.88. The van der Waals surface area contributed by atoms with Crippen LogP contribution in [0.1, 0.15) is 5.01 Å². The lowest BCUT2D eigenvalue weighted by Crippen LogP contribution is -2.12. The number of aromatic nitrogens is 5. The van der Waals surface area contributed by atoms with E-state index in [0.29, 0.717) is 10.8 Å². The molecule has 0 fully saturated rings. The Morgan fingerprint density at radius 1 is 1.29 bits per heavy atom. The Bertz CT molecular complexity index is 856. The number of nitrogens with zero attached hydrogens (tertiary/aromatic N) is 5. The molecule has 3 aromatic heterocycles. The number of hydrogen-bond donors (Lipinski definition) is 1. The van der Waals surface area contributed by atoms with Gasteiger partial charge in [-0.05, 0) is 19.1 Å². The fourth-order valence-electron chi connectivity index (χ4n) is 1.57. The molecule has 0 saturated carbocycles. The Labute approximate surface area is 124 Å². The summed E-state index contributed by atoms with van der Waals surface area (Å²) < 4.78 is 28.2. The monoisotopic (exact) mass is 322 g/mol. The van der Waals surface area contributed by atoms with Gasteiger partial charge in [0.25, 0.3) is 10.0 Å². The van der Waals surface area contributed by atoms with Crippen LogP contribution in [0, 0.1) is 6.92 Å². The van der Waals surface area contributed by atoms with Crippen molar-refractivity contribution in [1.82, 2.24) is 25.0 Å². The molecule has 0 unspecified atom stereocenters. The summed E-state index contributed by atoms with van der Waals surface area (Å²) >= 11 is 1.16. The van der Waals surface area contributed by atoms with Crippen molar-refractivity contribution in [1.29, 1.82) is 0 Å². The fourth-order valence-corrected chi connectivity index (χ4v) is 3.32. The van der Waals surface area contributed by atoms with Crippen LogP contribution >= 0.6 is 11.3 Å². The molecule has 10 heteroatoms. The van der Waals surface area contributed by atoms with Crippen molar-refractivity contribution in [3.05, 3.63) is 41.8 Å². The van der Waals surface area contributed by atoms with E-state index in [2.05, 4.69) is 25.0 Å². The van der Waals surface area contributed by atoms with E-state index in [4.69, 9.17) is 0 Å². The largest absolute Gasteiger partial charge is 0.266 e. The minimum atomic E-state index is -3.74. The number of aryl methyl sites for hydroxylation is 1. The zero-order chi connectivity index (χ0) is 14.9. The second kappa shape index (κ2) is 5.22. The van der Waals surface area contributed by atoms with Crippen LogP contribution in [0.2, 0.25) is 0 Å². The third-order valence-electron chi connectivity index (χ3n) is 2.50. The molecule has 8 nitrogen and oxygen atoms in total. The van der Waals surface area contributed by atoms with Crippen LogP contribution < -0.4 is 4.72 Å². The topological polar surface area (TPSA) is 103 Å². The lowest BCUT2D eigenvalue weighted by Gasteiger charge is -2.01. The number of pyridine rings is 1. The molecule has 3 heterocycles. The van der Waals surface area contributed by atoms with Crippen LogP contribution in [-0.4, -0.2) is 33.4 Å². The van der Waals surface area contributed by atoms with E-state index in [-0.39, 0.29) is 10.0 Å². The highest BCUT2D eigenvalue weighted by molar-refractivity contribution is 7.93. The van der Waals surface area contributed by atoms with Gasteiger partial charge >= 0.3 is 0 Å². The molecule has 0 spiro atoms. The number of sulfonamides is 1. The van der Waals surface area contributed by atoms with E-state index < -0.39 is 10.0 Å². The van der Waals surface area contributed by atoms with E-state index in [9.17, 15) is 8.42 Å². The average molecular weight is 322 g/mol. The summed E-state index contributed by atoms with van der Waals surface area (Å²) in [4.78, 5) is 4.13. The highest BCUT2D eigenvalue weighted by Crippen LogP contribution is 2.19. The normalized spacial score (nSPS) is 11.5. The molecule has 0 aliphatic carbocycles. The van der Waals surface area contributed by atoms with Crippen LogP contribution in [0.5, 0.6) is 0 Å². The van der Waals surface area contributed by atoms with E-state index in [0.717, 1.165) is 11.3 Å². The molecule has 0 radical (unpaired) electrons. The predicted molar refractivity (Wildman–Crippen MR) is 76.8 cm³/mol. The van der Waals surface area contributed by atoms with Gasteiger partial charge in [0.2, 0.25) is 5.13 Å². The van der Waals surface area contributed by atoms with Crippen LogP contribution in [0.15, 0.2) is 41.7 Å². The Morgan fingerprint density at radius 2 is 2.14 bits per heavy atom. The Kier molecular flexibility index (Phi) is 3.39. The first-order valence-electron chi connectivity index (χ1n) is 5.83. The predicted octanol–water partition coefficient (Wildman–Crippen LogP) is 1.23. The van der Waals surface area contributed by atoms with Crippen molar-refractivity contribution in [3.63, 3.8) is 0 Å². The van der Waals surface area contributed by atoms with Gasteiger partial charge in [-0.25, -0.2) is 18.1 Å². The maximum absolute atomic E-state index is 12.2. The third-order valence-corrected chi connectivity index (χ3v) is 4.68. The van der Waals surface area contributed by atoms with Gasteiger partial charge in [-0.2, -0.15) is 5.10 Å². The quantitative estimate of drug-likeness (QED) is 0.775. The lowest BCUT2D eigenvalue weighted by molar-refractivity contribution is 0.601. The standard InChI is InChI=1S/C11H10N6O2S2/c1-8-14-15-11(20-8)16-21(18,19)9-6-13-17(7-9)10-4-2-3-5-12-10/h2-7H,1H3,(H,15,16). The van der Waals surface area contributed by atoms with Crippen LogP contribution in [0.4, 0.5) is 5.13 Å². The summed E-state index contributed by atoms with van der Waals surface area (Å²) in [6.07, 6.45) is 4.25. The molecule has 0 aliphatic heterocycles. The Morgan fingerprint density at radius 3 is 2.81 bits per heavy atom. The van der Waals surface area contributed by atoms with Gasteiger partial charge in [-0.15, -0.1) is 10.2 Å². The molecular weight excluding hydrogens is 312 g/mol. The minimum Gasteiger partial charge on any atom is -0.253 e. The van der Waals surface area contributed by atoms with E-state index in [1.807, 2.05) is 0 Å². The molecule has 1 N–H and O–H groups in total. The fraction of sp³-hybridized carbons (Fsp3) is 0.0909. The van der Waals surface area contributed by atoms with Gasteiger partial charge in [-0.1, -0.05) is 17.4 Å². The summed E-state index contributed by atoms with van der Waals surface area (Å²) in [6, 6.07) is 5.29. The molecule has 21 heavy (non-hydrogen) atoms. The smallest absolute Gasteiger partial charge is 0.253 e. The maximum atomic E-state index is 12.2. The van der Waals surface area contributed by atoms with E-state index >= 15 is 0 Å². The summed E-state index contributed by atoms with van der Waals surface area (Å²) in [5.74, 6) is 0.533. The second-order valence-electron chi connectivity index (χ2n) is 4.04. The SMILES string of the molecule is Cc1nnc(NS(=O)(=O)c2cnn(-c3ccccn3)c2)s1. The van der Waals surface area contributed by atoms with Gasteiger partial charge in [-0.3, -0.25) is 4.72 Å². The maximum Gasteiger partial charge on any atom is 0.266 e. The van der Waals surface area contributed by atoms with Crippen molar-refractivity contribution in [2.24, 2.45) is 0 Å². The Hall–Kier alpha value is -2.33. The second-order valence-corrected chi connectivity index (χ2v) is 6.90. The average Bonchev–Trinajstić information content (AvgIpc) is 3.09. The van der Waals surface area contributed by atoms with E-state index in [1.165, 1.54) is 17.1 Å². The molecule has 0 aromatic carbocycles. The molecular formula is C11H10N6O2S2. The number of hydrogen-bond acceptors (Lipinski definition) is 7. The molecule has 0 saturated heterocycles. The summed E-state index contributed by atoms with van der Waals surface area (Å²) in [5.41, 5.74) is 0. The molecule has 3 rings (SSSR count). The third kappa shape index (κ3) is 2.90. The highest BCUT2D eigenvalue weighted by atomic mass is 32.2. The van der Waals surface area contributed by atoms with Crippen LogP contribution in [0.3, 0.4) is 0 Å². The van der Waals surface area contributed by atoms with Crippen LogP contribution in [-0.2, 0) is 10.0 Å². The van der Waals surface area contributed by atoms with Gasteiger partial charge < -0.3 is 0 Å². The van der Waals surface area contributed by atoms with Crippen molar-refractivity contribution in [2.75, 3.05) is 4.72 Å². The van der Waals surface area contributed by atoms with Crippen LogP contribution in [0.25, 0.3) is 5.82 Å². The first-order chi connectivity index (χ1) is 10.0. The molecule has 0 bridgehead atoms. The zero-order valence-electron chi connectivity index (χ0n) is 10.8. The number of nitrogens with one attached hydrogen (secondary N) is 1. The molecule has 3 aromatic rings. The first kappa shape index (κ1) is 13.6. The molecule has 0 amide bonds. The van der Waals surface area contributed by atoms with Crippen molar-refractivity contribution in [2.45, 2.75) is 11.8 Å². The zero-order valence-corrected chi connectivity index (χ0v) is 12.5. The molecule has 0 aliphatic rings. The first-order valence-corrected chi connectivity index (χ1v) is 8.13. The summed E-state index contributed by atoms with van der Waals surface area (Å²) in [7, 11) is -3.74. The van der Waals surface area contributed by atoms with Gasteiger partial charge in [0, 0.05) is 6.20 Å². The molecule has 108 valence electrons. The van der Waals surface area contributed by atoms with Crippen molar-refractivity contribution in [3.8, 4) is 5.82 Å².